The molecule has 0 amide bonds. The Kier molecular flexibility index (Phi) is 8.17. The molecule has 39 heavy (non-hydrogen) atoms. The minimum absolute atomic E-state index is 0.105. The van der Waals surface area contributed by atoms with Crippen LogP contribution >= 0.6 is 0 Å². The van der Waals surface area contributed by atoms with Gasteiger partial charge in [0.05, 0.1) is 18.3 Å². The zero-order chi connectivity index (χ0) is 27.9. The van der Waals surface area contributed by atoms with Crippen LogP contribution in [-0.4, -0.2) is 33.6 Å². The Hall–Kier alpha value is -1.94. The normalized spacial score (nSPS) is 36.1. The van der Waals surface area contributed by atoms with Gasteiger partial charge in [0.1, 0.15) is 0 Å². The third-order valence-electron chi connectivity index (χ3n) is 11.0. The lowest BCUT2D eigenvalue weighted by Gasteiger charge is -2.44. The Morgan fingerprint density at radius 1 is 0.974 bits per heavy atom. The monoisotopic (exact) mass is 530 g/mol. The highest BCUT2D eigenvalue weighted by atomic mass is 16.3. The molecule has 0 bridgehead atoms. The molecular formula is C36H50O3. The molecule has 3 N–H and O–H groups in total. The van der Waals surface area contributed by atoms with E-state index >= 15 is 0 Å². The fraction of sp³-hybridized carbons (Fsp3) is 0.611. The second-order valence-corrected chi connectivity index (χ2v) is 13.8. The number of hydrogen-bond acceptors (Lipinski definition) is 3. The van der Waals surface area contributed by atoms with Gasteiger partial charge in [-0.05, 0) is 103 Å². The average Bonchev–Trinajstić information content (AvgIpc) is 3.64. The van der Waals surface area contributed by atoms with E-state index in [2.05, 4.69) is 82.8 Å². The van der Waals surface area contributed by atoms with Gasteiger partial charge in [-0.15, -0.1) is 0 Å². The smallest absolute Gasteiger partial charge is 0.0817 e. The van der Waals surface area contributed by atoms with E-state index in [1.54, 1.807) is 0 Å². The second-order valence-electron chi connectivity index (χ2n) is 13.8. The summed E-state index contributed by atoms with van der Waals surface area (Å²) >= 11 is 0. The van der Waals surface area contributed by atoms with E-state index in [9.17, 15) is 15.3 Å². The van der Waals surface area contributed by atoms with Crippen molar-refractivity contribution in [2.75, 3.05) is 0 Å². The standard InChI is InChI=1S/C36H50O3/c1-23(2)26-11-13-29(14-12-26)36(19-20-36)34(39)17-8-24(3)31-15-16-32-27(7-6-18-35(31,32)5)9-10-28-21-30(37)22-33(38)25(28)4/h8-14,17,23-24,30-34,37-39H,4,6-7,15-16,18-22H2,1-3,5H3/b17-8+,27-9+,28-10-/t24-,30-,31-,32+,33+,34+,35-/m1/s1. The largest absolute Gasteiger partial charge is 0.393 e. The van der Waals surface area contributed by atoms with Crippen molar-refractivity contribution < 1.29 is 15.3 Å². The van der Waals surface area contributed by atoms with Crippen LogP contribution in [0.5, 0.6) is 0 Å². The summed E-state index contributed by atoms with van der Waals surface area (Å²) < 4.78 is 0. The van der Waals surface area contributed by atoms with Crippen molar-refractivity contribution in [3.8, 4) is 0 Å². The van der Waals surface area contributed by atoms with Crippen molar-refractivity contribution in [3.05, 3.63) is 83.0 Å². The van der Waals surface area contributed by atoms with E-state index in [0.29, 0.717) is 36.5 Å². The Morgan fingerprint density at radius 3 is 2.36 bits per heavy atom. The average molecular weight is 531 g/mol. The van der Waals surface area contributed by atoms with E-state index in [4.69, 9.17) is 0 Å². The molecule has 7 atom stereocenters. The molecular weight excluding hydrogens is 480 g/mol. The zero-order valence-electron chi connectivity index (χ0n) is 24.6. The minimum atomic E-state index is -0.636. The van der Waals surface area contributed by atoms with Crippen LogP contribution < -0.4 is 0 Å². The summed E-state index contributed by atoms with van der Waals surface area (Å²) in [6.07, 6.45) is 16.4. The second kappa shape index (κ2) is 11.1. The highest BCUT2D eigenvalue weighted by Gasteiger charge is 2.51. The maximum absolute atomic E-state index is 11.3. The van der Waals surface area contributed by atoms with Gasteiger partial charge in [0.25, 0.3) is 0 Å². The van der Waals surface area contributed by atoms with Gasteiger partial charge in [-0.25, -0.2) is 0 Å². The highest BCUT2D eigenvalue weighted by molar-refractivity contribution is 5.39. The summed E-state index contributed by atoms with van der Waals surface area (Å²) in [5.74, 6) is 2.14. The molecule has 0 aliphatic heterocycles. The number of rotatable bonds is 7. The van der Waals surface area contributed by atoms with E-state index in [0.717, 1.165) is 30.4 Å². The highest BCUT2D eigenvalue weighted by Crippen LogP contribution is 2.60. The van der Waals surface area contributed by atoms with E-state index in [1.807, 2.05) is 0 Å². The molecule has 1 aromatic rings. The number of aliphatic hydroxyl groups is 3. The van der Waals surface area contributed by atoms with Gasteiger partial charge in [-0.2, -0.15) is 0 Å². The van der Waals surface area contributed by atoms with E-state index in [1.165, 1.54) is 42.4 Å². The summed E-state index contributed by atoms with van der Waals surface area (Å²) in [5, 5.41) is 31.7. The predicted molar refractivity (Wildman–Crippen MR) is 160 cm³/mol. The number of fused-ring (bicyclic) bond motifs is 1. The summed E-state index contributed by atoms with van der Waals surface area (Å²) in [5.41, 5.74) is 6.08. The van der Waals surface area contributed by atoms with Crippen LogP contribution in [0, 0.1) is 23.2 Å². The number of benzene rings is 1. The zero-order valence-corrected chi connectivity index (χ0v) is 24.6. The van der Waals surface area contributed by atoms with Crippen LogP contribution in [0.25, 0.3) is 0 Å². The van der Waals surface area contributed by atoms with Gasteiger partial charge in [0, 0.05) is 11.8 Å². The van der Waals surface area contributed by atoms with Gasteiger partial charge in [0.15, 0.2) is 0 Å². The van der Waals surface area contributed by atoms with Crippen molar-refractivity contribution in [1.82, 2.24) is 0 Å². The van der Waals surface area contributed by atoms with Crippen LogP contribution in [0.4, 0.5) is 0 Å². The summed E-state index contributed by atoms with van der Waals surface area (Å²) in [6, 6.07) is 8.94. The van der Waals surface area contributed by atoms with Crippen molar-refractivity contribution in [1.29, 1.82) is 0 Å². The summed E-state index contributed by atoms with van der Waals surface area (Å²) in [4.78, 5) is 0. The maximum atomic E-state index is 11.3. The number of hydrogen-bond donors (Lipinski definition) is 3. The third-order valence-corrected chi connectivity index (χ3v) is 11.0. The van der Waals surface area contributed by atoms with Crippen LogP contribution in [0.2, 0.25) is 0 Å². The van der Waals surface area contributed by atoms with Gasteiger partial charge in [-0.1, -0.05) is 88.4 Å². The molecule has 212 valence electrons. The van der Waals surface area contributed by atoms with E-state index < -0.39 is 18.3 Å². The lowest BCUT2D eigenvalue weighted by molar-refractivity contribution is 0.0862. The molecule has 4 saturated carbocycles. The van der Waals surface area contributed by atoms with Crippen LogP contribution in [0.15, 0.2) is 71.9 Å². The first kappa shape index (κ1) is 28.6. The van der Waals surface area contributed by atoms with Crippen LogP contribution in [0.1, 0.15) is 103 Å². The molecule has 0 aromatic heterocycles. The van der Waals surface area contributed by atoms with Gasteiger partial charge in [0.2, 0.25) is 0 Å². The van der Waals surface area contributed by atoms with Gasteiger partial charge >= 0.3 is 0 Å². The third kappa shape index (κ3) is 5.52. The first-order valence-corrected chi connectivity index (χ1v) is 15.5. The lowest BCUT2D eigenvalue weighted by Crippen LogP contribution is -2.35. The van der Waals surface area contributed by atoms with Crippen molar-refractivity contribution in [2.45, 2.75) is 115 Å². The fourth-order valence-electron chi connectivity index (χ4n) is 8.30. The molecule has 4 fully saturated rings. The minimum Gasteiger partial charge on any atom is -0.393 e. The lowest BCUT2D eigenvalue weighted by atomic mass is 9.61. The van der Waals surface area contributed by atoms with Gasteiger partial charge < -0.3 is 15.3 Å². The van der Waals surface area contributed by atoms with E-state index in [-0.39, 0.29) is 10.8 Å². The van der Waals surface area contributed by atoms with Crippen molar-refractivity contribution in [3.63, 3.8) is 0 Å². The topological polar surface area (TPSA) is 60.7 Å². The molecule has 4 aliphatic carbocycles. The molecule has 0 heterocycles. The molecule has 0 spiro atoms. The van der Waals surface area contributed by atoms with Crippen molar-refractivity contribution >= 4 is 0 Å². The molecule has 3 heteroatoms. The molecule has 1 aromatic carbocycles. The quantitative estimate of drug-likeness (QED) is 0.319. The molecule has 5 rings (SSSR count). The molecule has 3 nitrogen and oxygen atoms in total. The maximum Gasteiger partial charge on any atom is 0.0817 e. The first-order valence-electron chi connectivity index (χ1n) is 15.5. The molecule has 4 aliphatic rings. The Morgan fingerprint density at radius 2 is 1.69 bits per heavy atom. The van der Waals surface area contributed by atoms with Crippen molar-refractivity contribution in [2.24, 2.45) is 23.2 Å². The molecule has 0 radical (unpaired) electrons. The SMILES string of the molecule is C=C1/C(=C\C=C2/CCC[C@]3(C)[C@@H]([C@H](C)/C=C/[C@H](O)C4(c5ccc(C(C)C)cc5)CC4)CC[C@@H]23)C[C@@H](O)C[C@@H]1O. The first-order chi connectivity index (χ1) is 18.5. The number of aliphatic hydroxyl groups excluding tert-OH is 3. The molecule has 0 saturated heterocycles. The van der Waals surface area contributed by atoms with Crippen LogP contribution in [-0.2, 0) is 5.41 Å². The molecule has 0 unspecified atom stereocenters. The fourth-order valence-corrected chi connectivity index (χ4v) is 8.30. The Bertz CT molecular complexity index is 1130. The van der Waals surface area contributed by atoms with Gasteiger partial charge in [-0.3, -0.25) is 0 Å². The predicted octanol–water partition coefficient (Wildman–Crippen LogP) is 7.54. The van der Waals surface area contributed by atoms with Crippen LogP contribution in [0.3, 0.4) is 0 Å². The Labute approximate surface area is 236 Å². The Balaban J connectivity index is 1.27. The summed E-state index contributed by atoms with van der Waals surface area (Å²) in [6.45, 7) is 13.4. The summed E-state index contributed by atoms with van der Waals surface area (Å²) in [7, 11) is 0. The number of allylic oxidation sites excluding steroid dienone is 4.